The van der Waals surface area contributed by atoms with Crippen LogP contribution in [0.25, 0.3) is 0 Å². The minimum atomic E-state index is -0.810. The summed E-state index contributed by atoms with van der Waals surface area (Å²) < 4.78 is 5.32. The number of hydrogen-bond acceptors (Lipinski definition) is 3. The van der Waals surface area contributed by atoms with Crippen LogP contribution in [0.3, 0.4) is 0 Å². The van der Waals surface area contributed by atoms with Crippen LogP contribution in [0.15, 0.2) is 18.2 Å². The Kier molecular flexibility index (Phi) is 5.96. The van der Waals surface area contributed by atoms with E-state index in [0.29, 0.717) is 23.2 Å². The van der Waals surface area contributed by atoms with Gasteiger partial charge in [0, 0.05) is 18.1 Å². The molecule has 0 aliphatic carbocycles. The van der Waals surface area contributed by atoms with Gasteiger partial charge < -0.3 is 14.7 Å². The van der Waals surface area contributed by atoms with Crippen molar-refractivity contribution >= 4 is 23.3 Å². The molecule has 5 heteroatoms. The molecule has 1 aromatic rings. The highest BCUT2D eigenvalue weighted by atomic mass is 35.5. The lowest BCUT2D eigenvalue weighted by Gasteiger charge is -2.27. The molecule has 19 heavy (non-hydrogen) atoms. The molecule has 0 fully saturated rings. The number of carboxylic acid groups (broad SMARTS) is 1. The molecule has 0 aromatic heterocycles. The first-order valence-electron chi connectivity index (χ1n) is 6.24. The summed E-state index contributed by atoms with van der Waals surface area (Å²) in [6.07, 6.45) is 0.0857. The first-order chi connectivity index (χ1) is 8.93. The molecule has 0 saturated heterocycles. The minimum Gasteiger partial charge on any atom is -0.495 e. The van der Waals surface area contributed by atoms with E-state index in [1.165, 1.54) is 0 Å². The molecule has 0 atom stereocenters. The van der Waals surface area contributed by atoms with Crippen molar-refractivity contribution in [2.75, 3.05) is 25.1 Å². The highest BCUT2D eigenvalue weighted by Crippen LogP contribution is 2.31. The van der Waals surface area contributed by atoms with Crippen LogP contribution >= 0.6 is 11.6 Å². The lowest BCUT2D eigenvalue weighted by Crippen LogP contribution is -2.30. The van der Waals surface area contributed by atoms with Gasteiger partial charge in [0.25, 0.3) is 0 Å². The summed E-state index contributed by atoms with van der Waals surface area (Å²) in [5.74, 6) is 0.308. The van der Waals surface area contributed by atoms with E-state index in [-0.39, 0.29) is 6.42 Å². The molecule has 0 aliphatic rings. The molecule has 0 unspecified atom stereocenters. The molecule has 0 amide bonds. The van der Waals surface area contributed by atoms with Gasteiger partial charge in [0.1, 0.15) is 5.75 Å². The fourth-order valence-corrected chi connectivity index (χ4v) is 2.06. The topological polar surface area (TPSA) is 49.8 Å². The third kappa shape index (κ3) is 4.99. The van der Waals surface area contributed by atoms with Gasteiger partial charge in [0.15, 0.2) is 0 Å². The average Bonchev–Trinajstić information content (AvgIpc) is 2.33. The van der Waals surface area contributed by atoms with Crippen molar-refractivity contribution in [1.29, 1.82) is 0 Å². The maximum atomic E-state index is 10.8. The van der Waals surface area contributed by atoms with Crippen molar-refractivity contribution in [1.82, 2.24) is 0 Å². The molecule has 0 heterocycles. The molecule has 0 spiro atoms. The largest absolute Gasteiger partial charge is 0.495 e. The van der Waals surface area contributed by atoms with Crippen LogP contribution in [-0.2, 0) is 4.79 Å². The summed E-state index contributed by atoms with van der Waals surface area (Å²) in [5, 5.41) is 9.45. The fraction of sp³-hybridized carbons (Fsp3) is 0.500. The van der Waals surface area contributed by atoms with E-state index in [0.717, 1.165) is 12.2 Å². The molecule has 0 aliphatic heterocycles. The average molecular weight is 286 g/mol. The van der Waals surface area contributed by atoms with E-state index < -0.39 is 5.97 Å². The smallest absolute Gasteiger partial charge is 0.305 e. The summed E-state index contributed by atoms with van der Waals surface area (Å²) in [4.78, 5) is 12.8. The highest BCUT2D eigenvalue weighted by Gasteiger charge is 2.15. The number of benzene rings is 1. The normalized spacial score (nSPS) is 10.6. The van der Waals surface area contributed by atoms with Crippen LogP contribution in [0.5, 0.6) is 5.75 Å². The van der Waals surface area contributed by atoms with Crippen molar-refractivity contribution < 1.29 is 14.6 Å². The minimum absolute atomic E-state index is 0.0857. The number of methoxy groups -OCH3 is 1. The van der Waals surface area contributed by atoms with E-state index in [4.69, 9.17) is 21.4 Å². The van der Waals surface area contributed by atoms with Crippen LogP contribution in [0, 0.1) is 5.92 Å². The van der Waals surface area contributed by atoms with Gasteiger partial charge in [-0.2, -0.15) is 0 Å². The third-order valence-corrected chi connectivity index (χ3v) is 2.90. The van der Waals surface area contributed by atoms with Crippen molar-refractivity contribution in [3.8, 4) is 5.75 Å². The number of ether oxygens (including phenoxy) is 1. The molecule has 1 aromatic carbocycles. The standard InChI is InChI=1S/C14H20ClNO3/c1-10(2)9-16(7-6-14(17)18)12-8-11(15)4-5-13(12)19-3/h4-5,8,10H,6-7,9H2,1-3H3,(H,17,18). The van der Waals surface area contributed by atoms with E-state index in [9.17, 15) is 4.79 Å². The van der Waals surface area contributed by atoms with Gasteiger partial charge in [-0.1, -0.05) is 25.4 Å². The molecule has 106 valence electrons. The molecule has 0 bridgehead atoms. The highest BCUT2D eigenvalue weighted by molar-refractivity contribution is 6.30. The van der Waals surface area contributed by atoms with Gasteiger partial charge in [-0.15, -0.1) is 0 Å². The Hall–Kier alpha value is -1.42. The van der Waals surface area contributed by atoms with Crippen LogP contribution in [-0.4, -0.2) is 31.3 Å². The summed E-state index contributed by atoms with van der Waals surface area (Å²) in [6.45, 7) is 5.36. The Labute approximate surface area is 118 Å². The Morgan fingerprint density at radius 1 is 1.47 bits per heavy atom. The van der Waals surface area contributed by atoms with E-state index in [1.54, 1.807) is 19.2 Å². The third-order valence-electron chi connectivity index (χ3n) is 2.66. The SMILES string of the molecule is COc1ccc(Cl)cc1N(CCC(=O)O)CC(C)C. The zero-order valence-electron chi connectivity index (χ0n) is 11.5. The van der Waals surface area contributed by atoms with Crippen molar-refractivity contribution in [2.24, 2.45) is 5.92 Å². The van der Waals surface area contributed by atoms with Crippen LogP contribution in [0.1, 0.15) is 20.3 Å². The Morgan fingerprint density at radius 2 is 2.16 bits per heavy atom. The van der Waals surface area contributed by atoms with E-state index in [1.807, 2.05) is 11.0 Å². The van der Waals surface area contributed by atoms with Crippen molar-refractivity contribution in [2.45, 2.75) is 20.3 Å². The number of carboxylic acids is 1. The summed E-state index contributed by atoms with van der Waals surface area (Å²) in [6, 6.07) is 5.37. The summed E-state index contributed by atoms with van der Waals surface area (Å²) >= 11 is 6.02. The number of aliphatic carboxylic acids is 1. The lowest BCUT2D eigenvalue weighted by atomic mass is 10.1. The zero-order valence-corrected chi connectivity index (χ0v) is 12.3. The van der Waals surface area contributed by atoms with Gasteiger partial charge in [0.05, 0.1) is 19.2 Å². The van der Waals surface area contributed by atoms with Crippen LogP contribution in [0.2, 0.25) is 5.02 Å². The van der Waals surface area contributed by atoms with Crippen LogP contribution < -0.4 is 9.64 Å². The van der Waals surface area contributed by atoms with Gasteiger partial charge in [-0.3, -0.25) is 4.79 Å². The monoisotopic (exact) mass is 285 g/mol. The second kappa shape index (κ2) is 7.24. The fourth-order valence-electron chi connectivity index (χ4n) is 1.89. The number of carbonyl (C=O) groups is 1. The zero-order chi connectivity index (χ0) is 14.4. The summed E-state index contributed by atoms with van der Waals surface area (Å²) in [5.41, 5.74) is 0.838. The number of rotatable bonds is 7. The molecule has 0 radical (unpaired) electrons. The van der Waals surface area contributed by atoms with Gasteiger partial charge >= 0.3 is 5.97 Å². The summed E-state index contributed by atoms with van der Waals surface area (Å²) in [7, 11) is 1.59. The first-order valence-corrected chi connectivity index (χ1v) is 6.62. The second-order valence-electron chi connectivity index (χ2n) is 4.80. The molecule has 1 N–H and O–H groups in total. The van der Waals surface area contributed by atoms with E-state index in [2.05, 4.69) is 13.8 Å². The molecule has 1 rings (SSSR count). The Morgan fingerprint density at radius 3 is 2.68 bits per heavy atom. The van der Waals surface area contributed by atoms with Crippen LogP contribution in [0.4, 0.5) is 5.69 Å². The van der Waals surface area contributed by atoms with Gasteiger partial charge in [-0.05, 0) is 24.1 Å². The molecule has 4 nitrogen and oxygen atoms in total. The second-order valence-corrected chi connectivity index (χ2v) is 5.24. The number of anilines is 1. The molecular weight excluding hydrogens is 266 g/mol. The van der Waals surface area contributed by atoms with Crippen molar-refractivity contribution in [3.63, 3.8) is 0 Å². The van der Waals surface area contributed by atoms with Gasteiger partial charge in [-0.25, -0.2) is 0 Å². The maximum Gasteiger partial charge on any atom is 0.305 e. The van der Waals surface area contributed by atoms with E-state index >= 15 is 0 Å². The molecular formula is C14H20ClNO3. The number of halogens is 1. The predicted octanol–water partition coefficient (Wildman–Crippen LogP) is 3.29. The van der Waals surface area contributed by atoms with Gasteiger partial charge in [0.2, 0.25) is 0 Å². The Balaban J connectivity index is 3.00. The Bertz CT molecular complexity index is 435. The number of nitrogens with zero attached hydrogens (tertiary/aromatic N) is 1. The maximum absolute atomic E-state index is 10.8. The quantitative estimate of drug-likeness (QED) is 0.835. The first kappa shape index (κ1) is 15.6. The predicted molar refractivity (Wildman–Crippen MR) is 77.3 cm³/mol. The number of hydrogen-bond donors (Lipinski definition) is 1. The molecule has 0 saturated carbocycles. The lowest BCUT2D eigenvalue weighted by molar-refractivity contribution is -0.136. The van der Waals surface area contributed by atoms with Crippen molar-refractivity contribution in [3.05, 3.63) is 23.2 Å².